The molecule has 1 N–H and O–H groups in total. The van der Waals surface area contributed by atoms with E-state index in [9.17, 15) is 10.1 Å². The van der Waals surface area contributed by atoms with Crippen molar-refractivity contribution in [1.29, 1.82) is 5.26 Å². The van der Waals surface area contributed by atoms with Crippen LogP contribution in [0.5, 0.6) is 0 Å². The van der Waals surface area contributed by atoms with Crippen LogP contribution in [0.15, 0.2) is 33.1 Å². The zero-order chi connectivity index (χ0) is 15.7. The number of fused-ring (bicyclic) bond motifs is 1. The summed E-state index contributed by atoms with van der Waals surface area (Å²) in [6.45, 7) is 1.57. The molecule has 0 saturated heterocycles. The number of nitriles is 1. The quantitative estimate of drug-likeness (QED) is 0.741. The second-order valence-electron chi connectivity index (χ2n) is 4.45. The molecule has 0 fully saturated rings. The highest BCUT2D eigenvalue weighted by atomic mass is 16.5. The first kappa shape index (κ1) is 13.7. The monoisotopic (exact) mass is 297 g/mol. The molecular weight excluding hydrogens is 286 g/mol. The van der Waals surface area contributed by atoms with Gasteiger partial charge in [-0.15, -0.1) is 0 Å². The van der Waals surface area contributed by atoms with Gasteiger partial charge in [0.2, 0.25) is 5.88 Å². The highest BCUT2D eigenvalue weighted by Gasteiger charge is 2.25. The summed E-state index contributed by atoms with van der Waals surface area (Å²) in [7, 11) is 1.24. The summed E-state index contributed by atoms with van der Waals surface area (Å²) in [6.07, 6.45) is 0. The maximum Gasteiger partial charge on any atom is 0.342 e. The van der Waals surface area contributed by atoms with Crippen LogP contribution in [0.2, 0.25) is 0 Å². The number of para-hydroxylation sites is 2. The number of anilines is 2. The topological polar surface area (TPSA) is 101 Å². The molecular formula is C15H11N3O4. The number of carbonyl (C=O) groups excluding carboxylic acids is 1. The molecule has 0 aliphatic rings. The number of nitrogens with zero attached hydrogens (tertiary/aromatic N) is 2. The molecule has 22 heavy (non-hydrogen) atoms. The molecule has 110 valence electrons. The minimum Gasteiger partial charge on any atom is -0.465 e. The van der Waals surface area contributed by atoms with Gasteiger partial charge in [-0.05, 0) is 19.1 Å². The van der Waals surface area contributed by atoms with Crippen LogP contribution in [0.3, 0.4) is 0 Å². The molecule has 0 spiro atoms. The lowest BCUT2D eigenvalue weighted by Crippen LogP contribution is -2.04. The Bertz CT molecular complexity index is 868. The van der Waals surface area contributed by atoms with Gasteiger partial charge in [0.1, 0.15) is 28.5 Å². The highest BCUT2D eigenvalue weighted by molar-refractivity contribution is 5.95. The number of hydrogen-bond acceptors (Lipinski definition) is 7. The van der Waals surface area contributed by atoms with Crippen LogP contribution in [0.25, 0.3) is 11.1 Å². The first-order valence-corrected chi connectivity index (χ1v) is 6.38. The van der Waals surface area contributed by atoms with Gasteiger partial charge in [0.05, 0.1) is 7.11 Å². The van der Waals surface area contributed by atoms with Gasteiger partial charge in [0, 0.05) is 0 Å². The molecule has 3 rings (SSSR count). The van der Waals surface area contributed by atoms with Crippen molar-refractivity contribution >= 4 is 29.0 Å². The third kappa shape index (κ3) is 2.16. The predicted octanol–water partition coefficient (Wildman–Crippen LogP) is 3.13. The van der Waals surface area contributed by atoms with Gasteiger partial charge in [0.25, 0.3) is 0 Å². The highest BCUT2D eigenvalue weighted by Crippen LogP contribution is 2.30. The molecule has 0 atom stereocenters. The summed E-state index contributed by atoms with van der Waals surface area (Å²) in [5, 5.41) is 12.0. The van der Waals surface area contributed by atoms with Crippen LogP contribution in [-0.4, -0.2) is 18.1 Å². The Morgan fingerprint density at radius 1 is 1.36 bits per heavy atom. The average Bonchev–Trinajstić information content (AvgIpc) is 3.06. The molecule has 0 aliphatic heterocycles. The molecule has 7 nitrogen and oxygen atoms in total. The molecule has 0 unspecified atom stereocenters. The van der Waals surface area contributed by atoms with Gasteiger partial charge in [-0.25, -0.2) is 4.79 Å². The van der Waals surface area contributed by atoms with Crippen molar-refractivity contribution in [1.82, 2.24) is 4.98 Å². The smallest absolute Gasteiger partial charge is 0.342 e. The number of hydrogen-bond donors (Lipinski definition) is 1. The number of methoxy groups -OCH3 is 1. The van der Waals surface area contributed by atoms with Gasteiger partial charge in [-0.2, -0.15) is 10.2 Å². The molecule has 7 heteroatoms. The Balaban J connectivity index is 2.02. The Hall–Kier alpha value is -3.27. The fourth-order valence-electron chi connectivity index (χ4n) is 2.11. The lowest BCUT2D eigenvalue weighted by atomic mass is 10.1. The van der Waals surface area contributed by atoms with Gasteiger partial charge in [-0.1, -0.05) is 12.1 Å². The van der Waals surface area contributed by atoms with E-state index in [1.165, 1.54) is 7.11 Å². The van der Waals surface area contributed by atoms with Crippen molar-refractivity contribution in [3.63, 3.8) is 0 Å². The minimum atomic E-state index is -0.636. The number of aryl methyl sites for hydroxylation is 1. The van der Waals surface area contributed by atoms with Crippen LogP contribution >= 0.6 is 0 Å². The minimum absolute atomic E-state index is 0.0478. The summed E-state index contributed by atoms with van der Waals surface area (Å²) in [4.78, 5) is 15.9. The molecule has 2 aromatic heterocycles. The standard InChI is InChI=1S/C15H11N3O4/c1-8-12(14(19)20-2)9(7-16)13(21-8)18-15-17-10-5-3-4-6-11(10)22-15/h3-6H,1-2H3,(H,17,18). The number of esters is 1. The average molecular weight is 297 g/mol. The van der Waals surface area contributed by atoms with E-state index in [2.05, 4.69) is 15.0 Å². The molecule has 1 aromatic carbocycles. The lowest BCUT2D eigenvalue weighted by Gasteiger charge is -1.97. The summed E-state index contributed by atoms with van der Waals surface area (Å²) < 4.78 is 15.6. The zero-order valence-corrected chi connectivity index (χ0v) is 11.8. The lowest BCUT2D eigenvalue weighted by molar-refractivity contribution is 0.0598. The van der Waals surface area contributed by atoms with E-state index in [0.29, 0.717) is 11.1 Å². The Morgan fingerprint density at radius 3 is 2.82 bits per heavy atom. The summed E-state index contributed by atoms with van der Waals surface area (Å²) >= 11 is 0. The summed E-state index contributed by atoms with van der Waals surface area (Å²) in [5.41, 5.74) is 1.40. The third-order valence-corrected chi connectivity index (χ3v) is 3.10. The maximum atomic E-state index is 11.7. The van der Waals surface area contributed by atoms with E-state index in [0.717, 1.165) is 0 Å². The normalized spacial score (nSPS) is 10.4. The van der Waals surface area contributed by atoms with Crippen LogP contribution < -0.4 is 5.32 Å². The van der Waals surface area contributed by atoms with Crippen molar-refractivity contribution < 1.29 is 18.4 Å². The second kappa shape index (κ2) is 5.26. The van der Waals surface area contributed by atoms with Crippen molar-refractivity contribution in [2.24, 2.45) is 0 Å². The molecule has 0 amide bonds. The predicted molar refractivity (Wildman–Crippen MR) is 76.8 cm³/mol. The summed E-state index contributed by atoms with van der Waals surface area (Å²) in [6, 6.07) is 9.32. The summed E-state index contributed by atoms with van der Waals surface area (Å²) in [5.74, 6) is -0.266. The molecule has 0 bridgehead atoms. The van der Waals surface area contributed by atoms with E-state index < -0.39 is 5.97 Å². The van der Waals surface area contributed by atoms with Crippen LogP contribution in [0.4, 0.5) is 11.9 Å². The number of benzene rings is 1. The molecule has 2 heterocycles. The van der Waals surface area contributed by atoms with Gasteiger partial charge >= 0.3 is 12.0 Å². The molecule has 0 radical (unpaired) electrons. The Morgan fingerprint density at radius 2 is 2.14 bits per heavy atom. The SMILES string of the molecule is COC(=O)c1c(C)oc(Nc2nc3ccccc3o2)c1C#N. The van der Waals surface area contributed by atoms with Crippen molar-refractivity contribution in [2.75, 3.05) is 12.4 Å². The van der Waals surface area contributed by atoms with Gasteiger partial charge in [-0.3, -0.25) is 5.32 Å². The van der Waals surface area contributed by atoms with E-state index in [4.69, 9.17) is 8.83 Å². The largest absolute Gasteiger partial charge is 0.465 e. The Kier molecular flexibility index (Phi) is 3.27. The van der Waals surface area contributed by atoms with Crippen LogP contribution in [0, 0.1) is 18.3 Å². The zero-order valence-electron chi connectivity index (χ0n) is 11.8. The number of oxazole rings is 1. The second-order valence-corrected chi connectivity index (χ2v) is 4.45. The van der Waals surface area contributed by atoms with E-state index in [-0.39, 0.29) is 28.8 Å². The van der Waals surface area contributed by atoms with Crippen molar-refractivity contribution in [2.45, 2.75) is 6.92 Å². The number of nitrogens with one attached hydrogen (secondary N) is 1. The molecule has 0 aliphatic carbocycles. The fourth-order valence-corrected chi connectivity index (χ4v) is 2.11. The van der Waals surface area contributed by atoms with Crippen LogP contribution in [-0.2, 0) is 4.74 Å². The van der Waals surface area contributed by atoms with Gasteiger partial charge < -0.3 is 13.6 Å². The number of aromatic nitrogens is 1. The number of rotatable bonds is 3. The third-order valence-electron chi connectivity index (χ3n) is 3.10. The molecule has 3 aromatic rings. The number of ether oxygens (including phenoxy) is 1. The number of carbonyl (C=O) groups is 1. The Labute approximate surface area is 125 Å². The van der Waals surface area contributed by atoms with E-state index in [1.807, 2.05) is 18.2 Å². The fraction of sp³-hybridized carbons (Fsp3) is 0.133. The van der Waals surface area contributed by atoms with Gasteiger partial charge in [0.15, 0.2) is 5.58 Å². The molecule has 0 saturated carbocycles. The van der Waals surface area contributed by atoms with Crippen molar-refractivity contribution in [3.05, 3.63) is 41.2 Å². The van der Waals surface area contributed by atoms with E-state index in [1.54, 1.807) is 19.1 Å². The first-order valence-electron chi connectivity index (χ1n) is 6.38. The maximum absolute atomic E-state index is 11.7. The van der Waals surface area contributed by atoms with Crippen LogP contribution in [0.1, 0.15) is 21.7 Å². The first-order chi connectivity index (χ1) is 10.6. The van der Waals surface area contributed by atoms with Crippen molar-refractivity contribution in [3.8, 4) is 6.07 Å². The van der Waals surface area contributed by atoms with E-state index >= 15 is 0 Å². The number of furan rings is 1.